The predicted octanol–water partition coefficient (Wildman–Crippen LogP) is 2.38. The zero-order valence-electron chi connectivity index (χ0n) is 9.03. The van der Waals surface area contributed by atoms with Gasteiger partial charge in [-0.25, -0.2) is 0 Å². The number of rotatable bonds is 2. The molecule has 2 rings (SSSR count). The fourth-order valence-electron chi connectivity index (χ4n) is 2.14. The van der Waals surface area contributed by atoms with Gasteiger partial charge in [0.1, 0.15) is 0 Å². The van der Waals surface area contributed by atoms with Crippen molar-refractivity contribution < 1.29 is 9.90 Å². The minimum atomic E-state index is -0.728. The number of aliphatic carboxylic acids is 1. The quantitative estimate of drug-likeness (QED) is 0.833. The number of nitrogens with one attached hydrogen (secondary N) is 1. The molecule has 0 radical (unpaired) electrons. The Morgan fingerprint density at radius 1 is 1.50 bits per heavy atom. The third-order valence-electron chi connectivity index (χ3n) is 2.95. The lowest BCUT2D eigenvalue weighted by molar-refractivity contribution is -0.141. The summed E-state index contributed by atoms with van der Waals surface area (Å²) in [5.41, 5.74) is 2.18. The van der Waals surface area contributed by atoms with Crippen molar-refractivity contribution in [2.24, 2.45) is 5.92 Å². The summed E-state index contributed by atoms with van der Waals surface area (Å²) in [7, 11) is 0. The van der Waals surface area contributed by atoms with E-state index in [0.717, 1.165) is 11.1 Å². The average molecular weight is 240 g/mol. The van der Waals surface area contributed by atoms with Crippen LogP contribution in [-0.2, 0) is 4.79 Å². The molecule has 2 N–H and O–H groups in total. The van der Waals surface area contributed by atoms with E-state index in [0.29, 0.717) is 18.0 Å². The van der Waals surface area contributed by atoms with Crippen LogP contribution in [0.3, 0.4) is 0 Å². The van der Waals surface area contributed by atoms with Crippen molar-refractivity contribution in [2.75, 3.05) is 6.54 Å². The molecule has 0 spiro atoms. The highest BCUT2D eigenvalue weighted by atomic mass is 35.5. The Morgan fingerprint density at radius 3 is 2.81 bits per heavy atom. The van der Waals surface area contributed by atoms with Gasteiger partial charge in [0.25, 0.3) is 0 Å². The minimum absolute atomic E-state index is 0.110. The highest BCUT2D eigenvalue weighted by Crippen LogP contribution is 2.29. The Balaban J connectivity index is 2.17. The third-order valence-corrected chi connectivity index (χ3v) is 3.17. The predicted molar refractivity (Wildman–Crippen MR) is 62.7 cm³/mol. The maximum Gasteiger partial charge on any atom is 0.307 e. The van der Waals surface area contributed by atoms with Gasteiger partial charge < -0.3 is 10.4 Å². The summed E-state index contributed by atoms with van der Waals surface area (Å²) in [5.74, 6) is -1.02. The Kier molecular flexibility index (Phi) is 3.17. The van der Waals surface area contributed by atoms with Gasteiger partial charge in [-0.2, -0.15) is 0 Å². The van der Waals surface area contributed by atoms with Crippen LogP contribution >= 0.6 is 11.6 Å². The van der Waals surface area contributed by atoms with Crippen LogP contribution in [0.1, 0.15) is 23.6 Å². The minimum Gasteiger partial charge on any atom is -0.481 e. The molecular formula is C12H14ClNO2. The average Bonchev–Trinajstić information content (AvgIpc) is 2.64. The monoisotopic (exact) mass is 239 g/mol. The summed E-state index contributed by atoms with van der Waals surface area (Å²) < 4.78 is 0. The molecule has 2 atom stereocenters. The molecule has 1 aliphatic heterocycles. The summed E-state index contributed by atoms with van der Waals surface area (Å²) in [5, 5.41) is 12.8. The van der Waals surface area contributed by atoms with E-state index in [1.54, 1.807) is 0 Å². The summed E-state index contributed by atoms with van der Waals surface area (Å²) >= 11 is 5.98. The largest absolute Gasteiger partial charge is 0.481 e. The first-order valence-electron chi connectivity index (χ1n) is 5.29. The highest BCUT2D eigenvalue weighted by Gasteiger charge is 2.30. The normalized spacial score (nSPS) is 24.6. The Hall–Kier alpha value is -1.06. The summed E-state index contributed by atoms with van der Waals surface area (Å²) in [4.78, 5) is 10.8. The smallest absolute Gasteiger partial charge is 0.307 e. The first-order valence-corrected chi connectivity index (χ1v) is 5.67. The number of hydrogen-bond donors (Lipinski definition) is 2. The standard InChI is InChI=1S/C12H14ClNO2/c1-7-2-8(4-10(13)3-7)11-5-9(6-14-11)12(15)16/h2-4,9,11,14H,5-6H2,1H3,(H,15,16). The molecule has 0 aromatic heterocycles. The summed E-state index contributed by atoms with van der Waals surface area (Å²) in [6.45, 7) is 2.52. The third kappa shape index (κ3) is 2.36. The van der Waals surface area contributed by atoms with Crippen molar-refractivity contribution in [3.8, 4) is 0 Å². The SMILES string of the molecule is Cc1cc(Cl)cc(C2CC(C(=O)O)CN2)c1. The fourth-order valence-corrected chi connectivity index (χ4v) is 2.44. The van der Waals surface area contributed by atoms with E-state index in [-0.39, 0.29) is 12.0 Å². The molecule has 2 unspecified atom stereocenters. The molecule has 16 heavy (non-hydrogen) atoms. The first-order chi connectivity index (χ1) is 7.56. The highest BCUT2D eigenvalue weighted by molar-refractivity contribution is 6.30. The number of carbonyl (C=O) groups is 1. The van der Waals surface area contributed by atoms with Crippen LogP contribution in [0.15, 0.2) is 18.2 Å². The van der Waals surface area contributed by atoms with E-state index in [1.165, 1.54) is 0 Å². The lowest BCUT2D eigenvalue weighted by Crippen LogP contribution is -2.17. The van der Waals surface area contributed by atoms with Gasteiger partial charge in [-0.3, -0.25) is 4.79 Å². The molecule has 0 saturated carbocycles. The zero-order valence-corrected chi connectivity index (χ0v) is 9.79. The second kappa shape index (κ2) is 4.44. The molecule has 1 saturated heterocycles. The van der Waals surface area contributed by atoms with Gasteiger partial charge in [-0.15, -0.1) is 0 Å². The number of carboxylic acids is 1. The van der Waals surface area contributed by atoms with E-state index >= 15 is 0 Å². The molecule has 0 aliphatic carbocycles. The van der Waals surface area contributed by atoms with E-state index in [9.17, 15) is 4.79 Å². The molecular weight excluding hydrogens is 226 g/mol. The first kappa shape index (κ1) is 11.4. The van der Waals surface area contributed by atoms with Gasteiger partial charge in [0.2, 0.25) is 0 Å². The molecule has 1 fully saturated rings. The molecule has 86 valence electrons. The van der Waals surface area contributed by atoms with Crippen LogP contribution in [0, 0.1) is 12.8 Å². The van der Waals surface area contributed by atoms with Crippen LogP contribution < -0.4 is 5.32 Å². The van der Waals surface area contributed by atoms with Crippen LogP contribution in [0.4, 0.5) is 0 Å². The van der Waals surface area contributed by atoms with Crippen LogP contribution in [-0.4, -0.2) is 17.6 Å². The molecule has 1 aromatic rings. The molecule has 1 aliphatic rings. The van der Waals surface area contributed by atoms with Gasteiger partial charge in [0.05, 0.1) is 5.92 Å². The lowest BCUT2D eigenvalue weighted by atomic mass is 9.99. The second-order valence-corrected chi connectivity index (χ2v) is 4.73. The topological polar surface area (TPSA) is 49.3 Å². The van der Waals surface area contributed by atoms with Crippen LogP contribution in [0.25, 0.3) is 0 Å². The van der Waals surface area contributed by atoms with Crippen molar-refractivity contribution in [1.82, 2.24) is 5.32 Å². The molecule has 4 heteroatoms. The van der Waals surface area contributed by atoms with Gasteiger partial charge in [0, 0.05) is 17.6 Å². The molecule has 0 bridgehead atoms. The molecule has 0 amide bonds. The van der Waals surface area contributed by atoms with Crippen LogP contribution in [0.2, 0.25) is 5.02 Å². The Bertz CT molecular complexity index is 399. The summed E-state index contributed by atoms with van der Waals surface area (Å²) in [6, 6.07) is 5.96. The molecule has 1 heterocycles. The Morgan fingerprint density at radius 2 is 2.25 bits per heavy atom. The fraction of sp³-hybridized carbons (Fsp3) is 0.417. The molecule has 3 nitrogen and oxygen atoms in total. The van der Waals surface area contributed by atoms with E-state index in [4.69, 9.17) is 16.7 Å². The number of aryl methyl sites for hydroxylation is 1. The summed E-state index contributed by atoms with van der Waals surface area (Å²) in [6.07, 6.45) is 0.634. The number of halogens is 1. The van der Waals surface area contributed by atoms with Gasteiger partial charge >= 0.3 is 5.97 Å². The number of carboxylic acid groups (broad SMARTS) is 1. The number of hydrogen-bond acceptors (Lipinski definition) is 2. The number of benzene rings is 1. The lowest BCUT2D eigenvalue weighted by Gasteiger charge is -2.11. The van der Waals surface area contributed by atoms with Crippen molar-refractivity contribution >= 4 is 17.6 Å². The van der Waals surface area contributed by atoms with Crippen molar-refractivity contribution in [3.05, 3.63) is 34.3 Å². The second-order valence-electron chi connectivity index (χ2n) is 4.29. The van der Waals surface area contributed by atoms with E-state index in [2.05, 4.69) is 5.32 Å². The van der Waals surface area contributed by atoms with Crippen molar-refractivity contribution in [2.45, 2.75) is 19.4 Å². The van der Waals surface area contributed by atoms with Gasteiger partial charge in [0.15, 0.2) is 0 Å². The Labute approximate surface area is 99.4 Å². The van der Waals surface area contributed by atoms with Crippen molar-refractivity contribution in [1.29, 1.82) is 0 Å². The van der Waals surface area contributed by atoms with Crippen molar-refractivity contribution in [3.63, 3.8) is 0 Å². The maximum atomic E-state index is 10.8. The maximum absolute atomic E-state index is 10.8. The molecule has 1 aromatic carbocycles. The van der Waals surface area contributed by atoms with E-state index in [1.807, 2.05) is 25.1 Å². The van der Waals surface area contributed by atoms with Gasteiger partial charge in [-0.05, 0) is 36.6 Å². The van der Waals surface area contributed by atoms with Gasteiger partial charge in [-0.1, -0.05) is 17.7 Å². The zero-order chi connectivity index (χ0) is 11.7. The van der Waals surface area contributed by atoms with Crippen LogP contribution in [0.5, 0.6) is 0 Å². The van der Waals surface area contributed by atoms with E-state index < -0.39 is 5.97 Å².